The first kappa shape index (κ1) is 13.5. The second-order valence-electron chi connectivity index (χ2n) is 5.46. The van der Waals surface area contributed by atoms with E-state index in [1.807, 2.05) is 42.5 Å². The summed E-state index contributed by atoms with van der Waals surface area (Å²) < 4.78 is 0. The number of H-pyrrole nitrogens is 1. The molecular weight excluding hydrogens is 280 g/mol. The summed E-state index contributed by atoms with van der Waals surface area (Å²) in [5, 5.41) is 0. The minimum Gasteiger partial charge on any atom is -0.355 e. The Kier molecular flexibility index (Phi) is 3.49. The van der Waals surface area contributed by atoms with Gasteiger partial charge in [0.1, 0.15) is 0 Å². The summed E-state index contributed by atoms with van der Waals surface area (Å²) in [4.78, 5) is 8.11. The van der Waals surface area contributed by atoms with Crippen molar-refractivity contribution < 1.29 is 0 Å². The van der Waals surface area contributed by atoms with E-state index in [0.717, 1.165) is 28.4 Å². The van der Waals surface area contributed by atoms with Crippen molar-refractivity contribution in [2.45, 2.75) is 0 Å². The molecule has 3 aromatic rings. The molecule has 2 aromatic carbocycles. The summed E-state index contributed by atoms with van der Waals surface area (Å²) in [5.74, 6) is 0. The van der Waals surface area contributed by atoms with Crippen molar-refractivity contribution in [3.8, 4) is 11.3 Å². The summed E-state index contributed by atoms with van der Waals surface area (Å²) in [6, 6.07) is 24.7. The number of aromatic nitrogens is 1. The predicted molar refractivity (Wildman–Crippen MR) is 96.3 cm³/mol. The predicted octanol–water partition coefficient (Wildman–Crippen LogP) is 5.08. The van der Waals surface area contributed by atoms with Gasteiger partial charge in [0.05, 0.1) is 11.4 Å². The lowest BCUT2D eigenvalue weighted by Gasteiger charge is -1.97. The fraction of sp³-hybridized carbons (Fsp3) is 0. The molecule has 1 N–H and O–H groups in total. The van der Waals surface area contributed by atoms with Crippen LogP contribution in [0.1, 0.15) is 11.3 Å². The molecule has 4 rings (SSSR count). The number of benzene rings is 2. The smallest absolute Gasteiger partial charge is 0.0710 e. The molecule has 0 fully saturated rings. The zero-order chi connectivity index (χ0) is 15.5. The number of hydrogen-bond acceptors (Lipinski definition) is 1. The van der Waals surface area contributed by atoms with Crippen LogP contribution in [0.3, 0.4) is 0 Å². The van der Waals surface area contributed by atoms with Gasteiger partial charge >= 0.3 is 0 Å². The highest BCUT2D eigenvalue weighted by Gasteiger charge is 2.07. The van der Waals surface area contributed by atoms with Crippen molar-refractivity contribution in [3.05, 3.63) is 102 Å². The van der Waals surface area contributed by atoms with Crippen molar-refractivity contribution in [2.75, 3.05) is 0 Å². The maximum atomic E-state index is 4.68. The van der Waals surface area contributed by atoms with Gasteiger partial charge in [-0.25, -0.2) is 4.99 Å². The second-order valence-corrected chi connectivity index (χ2v) is 5.46. The highest BCUT2D eigenvalue weighted by Crippen LogP contribution is 2.21. The van der Waals surface area contributed by atoms with Crippen LogP contribution < -0.4 is 0 Å². The maximum absolute atomic E-state index is 4.68. The molecule has 0 radical (unpaired) electrons. The average Bonchev–Trinajstić information content (AvgIpc) is 3.27. The fourth-order valence-corrected chi connectivity index (χ4v) is 2.67. The SMILES string of the molecule is C1=C/C(=C/c2ccc(-c3ccccc3)[nH]2)N=C1c1ccccc1. The molecule has 110 valence electrons. The molecule has 0 bridgehead atoms. The monoisotopic (exact) mass is 296 g/mol. The fourth-order valence-electron chi connectivity index (χ4n) is 2.67. The number of aromatic amines is 1. The molecule has 1 aliphatic heterocycles. The summed E-state index contributed by atoms with van der Waals surface area (Å²) in [7, 11) is 0. The highest BCUT2D eigenvalue weighted by atomic mass is 14.8. The topological polar surface area (TPSA) is 28.1 Å². The van der Waals surface area contributed by atoms with Crippen LogP contribution in [0, 0.1) is 0 Å². The van der Waals surface area contributed by atoms with E-state index in [9.17, 15) is 0 Å². The van der Waals surface area contributed by atoms with Gasteiger partial charge in [-0.1, -0.05) is 60.7 Å². The van der Waals surface area contributed by atoms with Gasteiger partial charge in [-0.15, -0.1) is 0 Å². The third kappa shape index (κ3) is 2.92. The minimum atomic E-state index is 0.963. The van der Waals surface area contributed by atoms with E-state index in [0.29, 0.717) is 0 Å². The summed E-state index contributed by atoms with van der Waals surface area (Å²) in [6.45, 7) is 0. The zero-order valence-electron chi connectivity index (χ0n) is 12.6. The molecule has 0 aliphatic carbocycles. The maximum Gasteiger partial charge on any atom is 0.0710 e. The molecule has 2 heterocycles. The van der Waals surface area contributed by atoms with Gasteiger partial charge < -0.3 is 4.98 Å². The van der Waals surface area contributed by atoms with Gasteiger partial charge in [-0.3, -0.25) is 0 Å². The quantitative estimate of drug-likeness (QED) is 0.698. The summed E-state index contributed by atoms with van der Waals surface area (Å²) in [5.41, 5.74) is 6.47. The van der Waals surface area contributed by atoms with Crippen molar-refractivity contribution in [1.82, 2.24) is 4.98 Å². The van der Waals surface area contributed by atoms with E-state index >= 15 is 0 Å². The van der Waals surface area contributed by atoms with E-state index in [-0.39, 0.29) is 0 Å². The molecular formula is C21H16N2. The first-order valence-corrected chi connectivity index (χ1v) is 7.67. The Morgan fingerprint density at radius 1 is 0.696 bits per heavy atom. The first-order valence-electron chi connectivity index (χ1n) is 7.67. The Morgan fingerprint density at radius 2 is 1.39 bits per heavy atom. The largest absolute Gasteiger partial charge is 0.355 e. The molecule has 0 unspecified atom stereocenters. The second kappa shape index (κ2) is 5.93. The van der Waals surface area contributed by atoms with E-state index in [1.165, 1.54) is 5.56 Å². The van der Waals surface area contributed by atoms with E-state index in [1.54, 1.807) is 0 Å². The van der Waals surface area contributed by atoms with Crippen LogP contribution in [0.2, 0.25) is 0 Å². The standard InChI is InChI=1S/C21H16N2/c1-3-7-16(8-4-1)20-13-11-18(22-20)15-19-12-14-21(23-19)17-9-5-2-6-10-17/h1-15,22H/b19-15-. The van der Waals surface area contributed by atoms with Crippen LogP contribution in [-0.2, 0) is 0 Å². The zero-order valence-corrected chi connectivity index (χ0v) is 12.6. The molecule has 0 saturated carbocycles. The number of hydrogen-bond donors (Lipinski definition) is 1. The molecule has 23 heavy (non-hydrogen) atoms. The summed E-state index contributed by atoms with van der Waals surface area (Å²) >= 11 is 0. The average molecular weight is 296 g/mol. The van der Waals surface area contributed by atoms with Crippen LogP contribution in [0.4, 0.5) is 0 Å². The van der Waals surface area contributed by atoms with E-state index in [2.05, 4.69) is 58.5 Å². The summed E-state index contributed by atoms with van der Waals surface area (Å²) in [6.07, 6.45) is 6.17. The molecule has 0 spiro atoms. The highest BCUT2D eigenvalue weighted by molar-refractivity contribution is 6.11. The molecule has 0 saturated heterocycles. The number of nitrogens with one attached hydrogen (secondary N) is 1. The van der Waals surface area contributed by atoms with Gasteiger partial charge in [-0.05, 0) is 35.9 Å². The molecule has 0 atom stereocenters. The lowest BCUT2D eigenvalue weighted by Crippen LogP contribution is -1.91. The Bertz CT molecular complexity index is 897. The van der Waals surface area contributed by atoms with Crippen molar-refractivity contribution >= 4 is 11.8 Å². The molecule has 0 amide bonds. The van der Waals surface area contributed by atoms with Gasteiger partial charge in [0.25, 0.3) is 0 Å². The first-order chi connectivity index (χ1) is 11.4. The Labute approximate surface area is 135 Å². The third-order valence-corrected chi connectivity index (χ3v) is 3.83. The van der Waals surface area contributed by atoms with Crippen molar-refractivity contribution in [3.63, 3.8) is 0 Å². The van der Waals surface area contributed by atoms with Crippen molar-refractivity contribution in [2.24, 2.45) is 4.99 Å². The van der Waals surface area contributed by atoms with Crippen molar-refractivity contribution in [1.29, 1.82) is 0 Å². The van der Waals surface area contributed by atoms with Gasteiger partial charge in [-0.2, -0.15) is 0 Å². The molecule has 1 aliphatic rings. The van der Waals surface area contributed by atoms with Crippen LogP contribution >= 0.6 is 0 Å². The minimum absolute atomic E-state index is 0.963. The Balaban J connectivity index is 1.59. The van der Waals surface area contributed by atoms with Gasteiger partial charge in [0.15, 0.2) is 0 Å². The Morgan fingerprint density at radius 3 is 2.13 bits per heavy atom. The lowest BCUT2D eigenvalue weighted by molar-refractivity contribution is 1.35. The van der Waals surface area contributed by atoms with Gasteiger partial charge in [0.2, 0.25) is 0 Å². The number of aliphatic imine (C=N–C) groups is 1. The number of allylic oxidation sites excluding steroid dienone is 2. The molecule has 2 nitrogen and oxygen atoms in total. The number of rotatable bonds is 3. The number of nitrogens with zero attached hydrogens (tertiary/aromatic N) is 1. The lowest BCUT2D eigenvalue weighted by atomic mass is 10.1. The molecule has 1 aromatic heterocycles. The normalized spacial score (nSPS) is 15.1. The Hall–Kier alpha value is -3.13. The van der Waals surface area contributed by atoms with Gasteiger partial charge in [0, 0.05) is 17.0 Å². The molecule has 2 heteroatoms. The van der Waals surface area contributed by atoms with Crippen LogP contribution in [0.15, 0.2) is 95.6 Å². The van der Waals surface area contributed by atoms with Crippen LogP contribution in [0.25, 0.3) is 17.3 Å². The van der Waals surface area contributed by atoms with Crippen LogP contribution in [-0.4, -0.2) is 10.7 Å². The van der Waals surface area contributed by atoms with Crippen LogP contribution in [0.5, 0.6) is 0 Å². The third-order valence-electron chi connectivity index (χ3n) is 3.83. The van der Waals surface area contributed by atoms with E-state index < -0.39 is 0 Å². The van der Waals surface area contributed by atoms with E-state index in [4.69, 9.17) is 0 Å².